The first-order valence-corrected chi connectivity index (χ1v) is 7.78. The van der Waals surface area contributed by atoms with Gasteiger partial charge in [0.05, 0.1) is 6.61 Å². The van der Waals surface area contributed by atoms with Gasteiger partial charge in [0.1, 0.15) is 0 Å². The Morgan fingerprint density at radius 2 is 1.63 bits per heavy atom. The third kappa shape index (κ3) is 15.4. The molecule has 3 nitrogen and oxygen atoms in total. The number of carbonyl (C=O) groups is 1. The van der Waals surface area contributed by atoms with Crippen molar-refractivity contribution in [2.45, 2.75) is 85.5 Å². The molecule has 0 aliphatic heterocycles. The van der Waals surface area contributed by atoms with Crippen molar-refractivity contribution in [3.05, 3.63) is 0 Å². The SMILES string of the molecule is CCCCCCOOC(=O)CCCCCC(C)(C)C. The zero-order chi connectivity index (χ0) is 14.6. The summed E-state index contributed by atoms with van der Waals surface area (Å²) in [6.45, 7) is 9.42. The predicted octanol–water partition coefficient (Wildman–Crippen LogP) is 5.04. The quantitative estimate of drug-likeness (QED) is 0.300. The molecule has 0 bridgehead atoms. The highest BCUT2D eigenvalue weighted by Crippen LogP contribution is 2.22. The van der Waals surface area contributed by atoms with Gasteiger partial charge in [0.15, 0.2) is 0 Å². The highest BCUT2D eigenvalue weighted by Gasteiger charge is 2.09. The molecular formula is C16H32O3. The molecule has 0 atom stereocenters. The lowest BCUT2D eigenvalue weighted by molar-refractivity contribution is -0.272. The summed E-state index contributed by atoms with van der Waals surface area (Å²) >= 11 is 0. The summed E-state index contributed by atoms with van der Waals surface area (Å²) in [5.41, 5.74) is 0.391. The maximum Gasteiger partial charge on any atom is 0.342 e. The Hall–Kier alpha value is -0.570. The van der Waals surface area contributed by atoms with Crippen molar-refractivity contribution in [1.82, 2.24) is 0 Å². The van der Waals surface area contributed by atoms with Gasteiger partial charge in [0, 0.05) is 6.42 Å². The molecule has 0 N–H and O–H groups in total. The van der Waals surface area contributed by atoms with Crippen LogP contribution in [0.15, 0.2) is 0 Å². The van der Waals surface area contributed by atoms with E-state index in [1.165, 1.54) is 25.7 Å². The smallest absolute Gasteiger partial charge is 0.298 e. The number of unbranched alkanes of at least 4 members (excludes halogenated alkanes) is 5. The normalized spacial score (nSPS) is 11.6. The van der Waals surface area contributed by atoms with Crippen molar-refractivity contribution in [3.8, 4) is 0 Å². The second kappa shape index (κ2) is 11.3. The van der Waals surface area contributed by atoms with Crippen molar-refractivity contribution in [2.24, 2.45) is 5.41 Å². The van der Waals surface area contributed by atoms with Crippen molar-refractivity contribution >= 4 is 5.97 Å². The second-order valence-electron chi connectivity index (χ2n) is 6.46. The molecule has 0 unspecified atom stereocenters. The van der Waals surface area contributed by atoms with E-state index in [-0.39, 0.29) is 5.97 Å². The van der Waals surface area contributed by atoms with Gasteiger partial charge >= 0.3 is 5.97 Å². The molecule has 0 spiro atoms. The summed E-state index contributed by atoms with van der Waals surface area (Å²) in [5.74, 6) is -0.230. The third-order valence-electron chi connectivity index (χ3n) is 3.04. The van der Waals surface area contributed by atoms with E-state index in [0.717, 1.165) is 25.7 Å². The van der Waals surface area contributed by atoms with Crippen molar-refractivity contribution in [2.75, 3.05) is 6.61 Å². The van der Waals surface area contributed by atoms with Gasteiger partial charge in [-0.3, -0.25) is 4.89 Å². The monoisotopic (exact) mass is 272 g/mol. The molecule has 0 aromatic rings. The molecule has 0 aliphatic rings. The van der Waals surface area contributed by atoms with Gasteiger partial charge in [-0.05, 0) is 24.7 Å². The van der Waals surface area contributed by atoms with Gasteiger partial charge in [-0.1, -0.05) is 59.8 Å². The largest absolute Gasteiger partial charge is 0.342 e. The fraction of sp³-hybridized carbons (Fsp3) is 0.938. The van der Waals surface area contributed by atoms with Gasteiger partial charge in [0.2, 0.25) is 0 Å². The van der Waals surface area contributed by atoms with Crippen LogP contribution >= 0.6 is 0 Å². The van der Waals surface area contributed by atoms with Gasteiger partial charge in [-0.15, -0.1) is 0 Å². The minimum atomic E-state index is -0.230. The molecule has 0 amide bonds. The molecule has 3 heteroatoms. The van der Waals surface area contributed by atoms with Crippen LogP contribution in [-0.4, -0.2) is 12.6 Å². The fourth-order valence-corrected chi connectivity index (χ4v) is 1.84. The first kappa shape index (κ1) is 18.4. The molecule has 0 saturated heterocycles. The molecule has 114 valence electrons. The lowest BCUT2D eigenvalue weighted by Gasteiger charge is -2.17. The Morgan fingerprint density at radius 3 is 2.26 bits per heavy atom. The third-order valence-corrected chi connectivity index (χ3v) is 3.04. The van der Waals surface area contributed by atoms with E-state index in [0.29, 0.717) is 18.4 Å². The Bertz CT molecular complexity index is 219. The minimum absolute atomic E-state index is 0.230. The van der Waals surface area contributed by atoms with Crippen LogP contribution < -0.4 is 0 Å². The maximum absolute atomic E-state index is 11.3. The average molecular weight is 272 g/mol. The van der Waals surface area contributed by atoms with Crippen molar-refractivity contribution in [3.63, 3.8) is 0 Å². The lowest BCUT2D eigenvalue weighted by atomic mass is 9.89. The van der Waals surface area contributed by atoms with Gasteiger partial charge in [0.25, 0.3) is 0 Å². The van der Waals surface area contributed by atoms with Crippen LogP contribution in [-0.2, 0) is 14.6 Å². The topological polar surface area (TPSA) is 35.5 Å². The van der Waals surface area contributed by atoms with E-state index < -0.39 is 0 Å². The number of hydrogen-bond acceptors (Lipinski definition) is 3. The van der Waals surface area contributed by atoms with Gasteiger partial charge < -0.3 is 0 Å². The highest BCUT2D eigenvalue weighted by atomic mass is 17.2. The van der Waals surface area contributed by atoms with Crippen molar-refractivity contribution < 1.29 is 14.6 Å². The van der Waals surface area contributed by atoms with Crippen LogP contribution in [0.2, 0.25) is 0 Å². The lowest BCUT2D eigenvalue weighted by Crippen LogP contribution is -2.07. The van der Waals surface area contributed by atoms with Crippen LogP contribution in [0.25, 0.3) is 0 Å². The van der Waals surface area contributed by atoms with Crippen LogP contribution in [0.3, 0.4) is 0 Å². The molecule has 19 heavy (non-hydrogen) atoms. The number of hydrogen-bond donors (Lipinski definition) is 0. The van der Waals surface area contributed by atoms with E-state index in [1.54, 1.807) is 0 Å². The number of rotatable bonds is 11. The van der Waals surface area contributed by atoms with Crippen LogP contribution in [0.1, 0.15) is 85.5 Å². The fourth-order valence-electron chi connectivity index (χ4n) is 1.84. The molecule has 0 radical (unpaired) electrons. The standard InChI is InChI=1S/C16H32O3/c1-5-6-7-11-14-18-19-15(17)12-9-8-10-13-16(2,3)4/h5-14H2,1-4H3. The first-order chi connectivity index (χ1) is 8.95. The molecule has 0 saturated carbocycles. The van der Waals surface area contributed by atoms with Crippen LogP contribution in [0.4, 0.5) is 0 Å². The summed E-state index contributed by atoms with van der Waals surface area (Å²) < 4.78 is 0. The molecule has 0 fully saturated rings. The van der Waals surface area contributed by atoms with Gasteiger partial charge in [-0.25, -0.2) is 4.79 Å². The molecular weight excluding hydrogens is 240 g/mol. The number of carbonyl (C=O) groups excluding carboxylic acids is 1. The van der Waals surface area contributed by atoms with E-state index in [1.807, 2.05) is 0 Å². The molecule has 0 rings (SSSR count). The summed E-state index contributed by atoms with van der Waals surface area (Å²) in [5, 5.41) is 0. The second-order valence-corrected chi connectivity index (χ2v) is 6.46. The summed E-state index contributed by atoms with van der Waals surface area (Å²) in [6, 6.07) is 0. The Morgan fingerprint density at radius 1 is 0.947 bits per heavy atom. The minimum Gasteiger partial charge on any atom is -0.298 e. The highest BCUT2D eigenvalue weighted by molar-refractivity contribution is 5.68. The Kier molecular flexibility index (Phi) is 10.9. The summed E-state index contributed by atoms with van der Waals surface area (Å²) in [6.07, 6.45) is 9.35. The zero-order valence-corrected chi connectivity index (χ0v) is 13.3. The van der Waals surface area contributed by atoms with Crippen LogP contribution in [0, 0.1) is 5.41 Å². The molecule has 0 aromatic carbocycles. The van der Waals surface area contributed by atoms with Crippen LogP contribution in [0.5, 0.6) is 0 Å². The zero-order valence-electron chi connectivity index (χ0n) is 13.3. The first-order valence-electron chi connectivity index (χ1n) is 7.78. The van der Waals surface area contributed by atoms with Crippen molar-refractivity contribution in [1.29, 1.82) is 0 Å². The molecule has 0 aliphatic carbocycles. The van der Waals surface area contributed by atoms with E-state index >= 15 is 0 Å². The molecule has 0 aromatic heterocycles. The predicted molar refractivity (Wildman–Crippen MR) is 78.7 cm³/mol. The summed E-state index contributed by atoms with van der Waals surface area (Å²) in [4.78, 5) is 21.0. The molecule has 0 heterocycles. The maximum atomic E-state index is 11.3. The van der Waals surface area contributed by atoms with E-state index in [4.69, 9.17) is 9.78 Å². The Labute approximate surface area is 119 Å². The summed E-state index contributed by atoms with van der Waals surface area (Å²) in [7, 11) is 0. The van der Waals surface area contributed by atoms with Gasteiger partial charge in [-0.2, -0.15) is 4.89 Å². The van der Waals surface area contributed by atoms with E-state index in [2.05, 4.69) is 27.7 Å². The average Bonchev–Trinajstić information content (AvgIpc) is 2.31. The van der Waals surface area contributed by atoms with E-state index in [9.17, 15) is 4.79 Å². The Balaban J connectivity index is 3.26.